The van der Waals surface area contributed by atoms with E-state index in [-0.39, 0.29) is 25.3 Å². The van der Waals surface area contributed by atoms with Crippen LogP contribution in [0.15, 0.2) is 39.7 Å². The number of thiocarbonyl (C=S) groups is 1. The number of nitrogens with zero attached hydrogens (tertiary/aromatic N) is 1. The van der Waals surface area contributed by atoms with Gasteiger partial charge in [-0.05, 0) is 43.2 Å². The Balaban J connectivity index is 1.74. The third-order valence-electron chi connectivity index (χ3n) is 3.74. The van der Waals surface area contributed by atoms with Crippen molar-refractivity contribution in [2.24, 2.45) is 0 Å². The number of carbonyl (C=O) groups is 2. The Morgan fingerprint density at radius 2 is 2.04 bits per heavy atom. The topological polar surface area (TPSA) is 73.6 Å². The molecule has 1 aliphatic rings. The van der Waals surface area contributed by atoms with Crippen molar-refractivity contribution in [1.29, 1.82) is 0 Å². The average Bonchev–Trinajstić information content (AvgIpc) is 3.17. The Morgan fingerprint density at radius 3 is 2.74 bits per heavy atom. The second-order valence-corrected chi connectivity index (χ2v) is 8.13. The molecule has 1 aliphatic heterocycles. The Morgan fingerprint density at radius 1 is 1.26 bits per heavy atom. The lowest BCUT2D eigenvalue weighted by molar-refractivity contribution is -0.305. The summed E-state index contributed by atoms with van der Waals surface area (Å²) in [6, 6.07) is 8.67. The van der Waals surface area contributed by atoms with E-state index in [9.17, 15) is 14.7 Å². The summed E-state index contributed by atoms with van der Waals surface area (Å²) in [5, 5.41) is 11.4. The fourth-order valence-electron chi connectivity index (χ4n) is 2.44. The summed E-state index contributed by atoms with van der Waals surface area (Å²) in [6.07, 6.45) is 1.77. The van der Waals surface area contributed by atoms with E-state index in [1.54, 1.807) is 36.4 Å². The van der Waals surface area contributed by atoms with Gasteiger partial charge in [-0.2, -0.15) is 0 Å². The molecule has 3 rings (SSSR count). The third kappa shape index (κ3) is 4.73. The minimum Gasteiger partial charge on any atom is -0.550 e. The summed E-state index contributed by atoms with van der Waals surface area (Å²) in [5.41, 5.74) is 0.763. The van der Waals surface area contributed by atoms with Gasteiger partial charge in [0.05, 0.1) is 15.0 Å². The predicted octanol–water partition coefficient (Wildman–Crippen LogP) is 3.98. The normalized spacial score (nSPS) is 15.8. The first-order valence-corrected chi connectivity index (χ1v) is 9.83. The van der Waals surface area contributed by atoms with E-state index in [0.717, 1.165) is 17.3 Å². The number of halogens is 2. The zero-order chi connectivity index (χ0) is 19.6. The molecule has 0 atom stereocenters. The molecule has 1 aromatic carbocycles. The largest absolute Gasteiger partial charge is 0.550 e. The van der Waals surface area contributed by atoms with Crippen LogP contribution in [0.1, 0.15) is 18.6 Å². The molecule has 5 nitrogen and oxygen atoms in total. The maximum Gasteiger partial charge on any atom is 0.266 e. The van der Waals surface area contributed by atoms with E-state index in [1.165, 1.54) is 4.90 Å². The summed E-state index contributed by atoms with van der Waals surface area (Å²) in [7, 11) is 0. The molecule has 0 N–H and O–H groups in total. The number of carbonyl (C=O) groups excluding carboxylic acids is 2. The van der Waals surface area contributed by atoms with Crippen LogP contribution in [0.2, 0.25) is 10.0 Å². The number of benzene rings is 1. The van der Waals surface area contributed by atoms with Crippen LogP contribution in [0.25, 0.3) is 17.4 Å². The summed E-state index contributed by atoms with van der Waals surface area (Å²) < 4.78 is 6.16. The Labute approximate surface area is 174 Å². The highest BCUT2D eigenvalue weighted by atomic mass is 35.5. The van der Waals surface area contributed by atoms with Crippen LogP contribution in [0, 0.1) is 0 Å². The lowest BCUT2D eigenvalue weighted by atomic mass is 10.2. The number of hydrogen-bond acceptors (Lipinski definition) is 6. The fraction of sp³-hybridized carbons (Fsp3) is 0.167. The molecule has 1 fully saturated rings. The summed E-state index contributed by atoms with van der Waals surface area (Å²) in [6.45, 7) is 0.239. The second kappa shape index (κ2) is 8.48. The fourth-order valence-corrected chi connectivity index (χ4v) is 4.03. The number of carboxylic acid groups (broad SMARTS) is 1. The van der Waals surface area contributed by atoms with Gasteiger partial charge in [0, 0.05) is 24.2 Å². The minimum absolute atomic E-state index is 0.124. The van der Waals surface area contributed by atoms with Crippen molar-refractivity contribution >= 4 is 69.5 Å². The summed E-state index contributed by atoms with van der Waals surface area (Å²) in [4.78, 5) is 24.8. The van der Waals surface area contributed by atoms with Crippen LogP contribution in [0.3, 0.4) is 0 Å². The predicted molar refractivity (Wildman–Crippen MR) is 108 cm³/mol. The van der Waals surface area contributed by atoms with Gasteiger partial charge in [-0.1, -0.05) is 47.2 Å². The first kappa shape index (κ1) is 19.9. The average molecular weight is 441 g/mol. The number of amides is 1. The number of hydrogen-bond donors (Lipinski definition) is 0. The molecule has 0 spiro atoms. The molecule has 0 bridgehead atoms. The molecule has 2 aromatic rings. The van der Waals surface area contributed by atoms with Crippen molar-refractivity contribution in [3.63, 3.8) is 0 Å². The van der Waals surface area contributed by atoms with Gasteiger partial charge in [0.1, 0.15) is 15.8 Å². The van der Waals surface area contributed by atoms with Crippen LogP contribution in [-0.2, 0) is 9.59 Å². The molecule has 0 unspecified atom stereocenters. The van der Waals surface area contributed by atoms with E-state index in [0.29, 0.717) is 30.8 Å². The summed E-state index contributed by atoms with van der Waals surface area (Å²) in [5.74, 6) is -0.340. The number of carboxylic acids is 1. The van der Waals surface area contributed by atoms with Crippen molar-refractivity contribution in [1.82, 2.24) is 4.90 Å². The van der Waals surface area contributed by atoms with Gasteiger partial charge in [0.2, 0.25) is 0 Å². The van der Waals surface area contributed by atoms with Gasteiger partial charge in [-0.15, -0.1) is 0 Å². The number of thioether (sulfide) groups is 1. The van der Waals surface area contributed by atoms with E-state index in [1.807, 2.05) is 0 Å². The lowest BCUT2D eigenvalue weighted by Gasteiger charge is -2.14. The molecule has 0 aliphatic carbocycles. The van der Waals surface area contributed by atoms with Crippen molar-refractivity contribution in [3.8, 4) is 11.3 Å². The van der Waals surface area contributed by atoms with Crippen molar-refractivity contribution < 1.29 is 19.1 Å². The smallest absolute Gasteiger partial charge is 0.266 e. The monoisotopic (exact) mass is 440 g/mol. The van der Waals surface area contributed by atoms with E-state index in [4.69, 9.17) is 39.8 Å². The molecule has 9 heteroatoms. The summed E-state index contributed by atoms with van der Waals surface area (Å²) >= 11 is 18.3. The van der Waals surface area contributed by atoms with E-state index in [2.05, 4.69) is 0 Å². The van der Waals surface area contributed by atoms with Crippen LogP contribution < -0.4 is 5.11 Å². The lowest BCUT2D eigenvalue weighted by Crippen LogP contribution is -2.30. The molecule has 1 amide bonds. The van der Waals surface area contributed by atoms with Gasteiger partial charge < -0.3 is 14.3 Å². The van der Waals surface area contributed by atoms with Crippen LogP contribution in [0.5, 0.6) is 0 Å². The molecule has 0 saturated carbocycles. The van der Waals surface area contributed by atoms with Crippen molar-refractivity contribution in [3.05, 3.63) is 51.0 Å². The first-order valence-electron chi connectivity index (χ1n) is 7.85. The highest BCUT2D eigenvalue weighted by molar-refractivity contribution is 8.26. The van der Waals surface area contributed by atoms with Crippen LogP contribution in [0.4, 0.5) is 0 Å². The van der Waals surface area contributed by atoms with Crippen LogP contribution in [-0.4, -0.2) is 27.6 Å². The standard InChI is InChI=1S/C18H13Cl2NO4S2/c19-12-5-3-10(8-13(12)20)14-6-4-11(25-14)9-15-17(24)21(18(26)27-15)7-1-2-16(22)23/h3-6,8-9H,1-2,7H2,(H,22,23)/p-1/b15-9+. The molecular formula is C18H12Cl2NO4S2-. The van der Waals surface area contributed by atoms with Gasteiger partial charge in [0.25, 0.3) is 5.91 Å². The number of rotatable bonds is 6. The quantitative estimate of drug-likeness (QED) is 0.499. The molecular weight excluding hydrogens is 429 g/mol. The molecule has 140 valence electrons. The molecule has 1 aromatic heterocycles. The first-order chi connectivity index (χ1) is 12.8. The van der Waals surface area contributed by atoms with Crippen molar-refractivity contribution in [2.75, 3.05) is 6.54 Å². The van der Waals surface area contributed by atoms with Gasteiger partial charge >= 0.3 is 0 Å². The molecule has 2 heterocycles. The molecule has 27 heavy (non-hydrogen) atoms. The van der Waals surface area contributed by atoms with Crippen molar-refractivity contribution in [2.45, 2.75) is 12.8 Å². The molecule has 0 radical (unpaired) electrons. The SMILES string of the molecule is O=C([O-])CCCN1C(=O)/C(=C\c2ccc(-c3ccc(Cl)c(Cl)c3)o2)SC1=S. The Hall–Kier alpha value is -1.80. The van der Waals surface area contributed by atoms with E-state index < -0.39 is 5.97 Å². The Kier molecular flexibility index (Phi) is 6.26. The zero-order valence-corrected chi connectivity index (χ0v) is 16.9. The Bertz CT molecular complexity index is 955. The highest BCUT2D eigenvalue weighted by Gasteiger charge is 2.31. The highest BCUT2D eigenvalue weighted by Crippen LogP contribution is 2.34. The maximum atomic E-state index is 12.5. The third-order valence-corrected chi connectivity index (χ3v) is 5.86. The molecule has 1 saturated heterocycles. The number of furan rings is 1. The maximum absolute atomic E-state index is 12.5. The van der Waals surface area contributed by atoms with Crippen LogP contribution >= 0.6 is 47.2 Å². The van der Waals surface area contributed by atoms with Gasteiger partial charge in [-0.25, -0.2) is 0 Å². The second-order valence-electron chi connectivity index (χ2n) is 5.64. The minimum atomic E-state index is -1.15. The van der Waals surface area contributed by atoms with Gasteiger partial charge in [0.15, 0.2) is 0 Å². The van der Waals surface area contributed by atoms with Gasteiger partial charge in [-0.3, -0.25) is 9.69 Å². The van der Waals surface area contributed by atoms with E-state index >= 15 is 0 Å². The zero-order valence-electron chi connectivity index (χ0n) is 13.7. The number of aliphatic carboxylic acids is 1.